The van der Waals surface area contributed by atoms with Gasteiger partial charge in [-0.2, -0.15) is 0 Å². The Kier molecular flexibility index (Phi) is 2.71. The molecule has 0 saturated heterocycles. The maximum Gasteiger partial charge on any atom is 0.334 e. The molecule has 0 saturated carbocycles. The Morgan fingerprint density at radius 3 is 2.59 bits per heavy atom. The molecule has 0 unspecified atom stereocenters. The molecule has 0 aliphatic carbocycles. The Morgan fingerprint density at radius 2 is 2.00 bits per heavy atom. The van der Waals surface area contributed by atoms with Crippen molar-refractivity contribution in [1.29, 1.82) is 0 Å². The second-order valence-electron chi connectivity index (χ2n) is 4.18. The third kappa shape index (κ3) is 2.06. The van der Waals surface area contributed by atoms with Crippen molar-refractivity contribution in [1.82, 2.24) is 5.32 Å². The zero-order chi connectivity index (χ0) is 12.6. The fourth-order valence-electron chi connectivity index (χ4n) is 1.83. The Balaban J connectivity index is 2.51. The molecule has 4 nitrogen and oxygen atoms in total. The minimum Gasteiger partial charge on any atom is -0.478 e. The highest BCUT2D eigenvalue weighted by Gasteiger charge is 2.26. The fourth-order valence-corrected chi connectivity index (χ4v) is 1.83. The van der Waals surface area contributed by atoms with Crippen molar-refractivity contribution in [3.63, 3.8) is 0 Å². The van der Waals surface area contributed by atoms with Crippen LogP contribution in [0.15, 0.2) is 23.8 Å². The zero-order valence-electron chi connectivity index (χ0n) is 9.70. The molecule has 0 fully saturated rings. The predicted molar refractivity (Wildman–Crippen MR) is 63.2 cm³/mol. The van der Waals surface area contributed by atoms with Crippen molar-refractivity contribution in [2.75, 3.05) is 0 Å². The molecule has 1 aromatic carbocycles. The van der Waals surface area contributed by atoms with E-state index in [2.05, 4.69) is 5.32 Å². The van der Waals surface area contributed by atoms with Crippen molar-refractivity contribution >= 4 is 17.6 Å². The lowest BCUT2D eigenvalue weighted by atomic mass is 10.0. The summed E-state index contributed by atoms with van der Waals surface area (Å²) >= 11 is 0. The van der Waals surface area contributed by atoms with Gasteiger partial charge in [0.1, 0.15) is 0 Å². The number of carbonyl (C=O) groups excluding carboxylic acids is 1. The lowest BCUT2D eigenvalue weighted by molar-refractivity contribution is -0.133. The number of hydrogen-bond donors (Lipinski definition) is 2. The van der Waals surface area contributed by atoms with Crippen LogP contribution >= 0.6 is 0 Å². The molecule has 0 spiro atoms. The van der Waals surface area contributed by atoms with Gasteiger partial charge in [-0.3, -0.25) is 4.79 Å². The van der Waals surface area contributed by atoms with Crippen LogP contribution < -0.4 is 5.32 Å². The van der Waals surface area contributed by atoms with Crippen LogP contribution in [0.3, 0.4) is 0 Å². The van der Waals surface area contributed by atoms with Crippen molar-refractivity contribution in [3.05, 3.63) is 40.5 Å². The molecule has 2 N–H and O–H groups in total. The molecule has 1 aliphatic heterocycles. The number of aliphatic carboxylic acids is 1. The number of rotatable bonds is 2. The summed E-state index contributed by atoms with van der Waals surface area (Å²) in [6.45, 7) is 3.94. The number of hydrogen-bond acceptors (Lipinski definition) is 2. The summed E-state index contributed by atoms with van der Waals surface area (Å²) in [6, 6.07) is 5.63. The highest BCUT2D eigenvalue weighted by atomic mass is 16.4. The van der Waals surface area contributed by atoms with Gasteiger partial charge in [0.15, 0.2) is 0 Å². The van der Waals surface area contributed by atoms with Gasteiger partial charge >= 0.3 is 5.97 Å². The van der Waals surface area contributed by atoms with Crippen LogP contribution in [0.5, 0.6) is 0 Å². The summed E-state index contributed by atoms with van der Waals surface area (Å²) in [6.07, 6.45) is -0.0579. The van der Waals surface area contributed by atoms with Gasteiger partial charge < -0.3 is 10.4 Å². The van der Waals surface area contributed by atoms with Crippen LogP contribution in [0, 0.1) is 13.8 Å². The highest BCUT2D eigenvalue weighted by Crippen LogP contribution is 2.25. The van der Waals surface area contributed by atoms with Gasteiger partial charge in [-0.25, -0.2) is 4.79 Å². The molecule has 0 aromatic heterocycles. The van der Waals surface area contributed by atoms with Crippen LogP contribution in [-0.4, -0.2) is 17.0 Å². The molecule has 17 heavy (non-hydrogen) atoms. The molecule has 0 bridgehead atoms. The molecule has 2 rings (SSSR count). The molecule has 0 atom stereocenters. The minimum absolute atomic E-state index is 0.0579. The molecule has 4 heteroatoms. The van der Waals surface area contributed by atoms with Gasteiger partial charge in [0.05, 0.1) is 17.7 Å². The van der Waals surface area contributed by atoms with Gasteiger partial charge in [0.25, 0.3) is 0 Å². The van der Waals surface area contributed by atoms with Crippen molar-refractivity contribution in [2.24, 2.45) is 0 Å². The number of amides is 1. The van der Waals surface area contributed by atoms with E-state index in [0.717, 1.165) is 16.7 Å². The van der Waals surface area contributed by atoms with E-state index in [9.17, 15) is 9.59 Å². The minimum atomic E-state index is -1.04. The molecule has 1 aromatic rings. The van der Waals surface area contributed by atoms with Gasteiger partial charge in [0.2, 0.25) is 5.91 Å². The summed E-state index contributed by atoms with van der Waals surface area (Å²) in [5, 5.41) is 11.6. The second kappa shape index (κ2) is 4.05. The first kappa shape index (κ1) is 11.4. The number of nitrogens with one attached hydrogen (secondary N) is 1. The van der Waals surface area contributed by atoms with E-state index in [-0.39, 0.29) is 17.9 Å². The summed E-state index contributed by atoms with van der Waals surface area (Å²) in [5.74, 6) is -1.31. The van der Waals surface area contributed by atoms with Gasteiger partial charge in [-0.05, 0) is 36.6 Å². The Bertz CT molecular complexity index is 544. The number of carboxylic acid groups (broad SMARTS) is 1. The molecular formula is C13H13NO3. The highest BCUT2D eigenvalue weighted by molar-refractivity contribution is 6.08. The van der Waals surface area contributed by atoms with Crippen LogP contribution in [0.2, 0.25) is 0 Å². The first-order valence-electron chi connectivity index (χ1n) is 5.33. The van der Waals surface area contributed by atoms with Gasteiger partial charge in [-0.15, -0.1) is 0 Å². The SMILES string of the molecule is Cc1ccc(C2=C(C(=O)O)CC(=O)N2)cc1C. The van der Waals surface area contributed by atoms with Crippen LogP contribution in [-0.2, 0) is 9.59 Å². The smallest absolute Gasteiger partial charge is 0.334 e. The molecule has 1 heterocycles. The van der Waals surface area contributed by atoms with Crippen molar-refractivity contribution in [2.45, 2.75) is 20.3 Å². The van der Waals surface area contributed by atoms with Crippen LogP contribution in [0.25, 0.3) is 5.70 Å². The molecule has 88 valence electrons. The lowest BCUT2D eigenvalue weighted by Gasteiger charge is -2.07. The van der Waals surface area contributed by atoms with E-state index in [0.29, 0.717) is 5.70 Å². The summed E-state index contributed by atoms with van der Waals surface area (Å²) in [5.41, 5.74) is 3.51. The number of carbonyl (C=O) groups is 2. The summed E-state index contributed by atoms with van der Waals surface area (Å²) in [4.78, 5) is 22.3. The summed E-state index contributed by atoms with van der Waals surface area (Å²) < 4.78 is 0. The fraction of sp³-hybridized carbons (Fsp3) is 0.231. The van der Waals surface area contributed by atoms with Crippen LogP contribution in [0.1, 0.15) is 23.1 Å². The zero-order valence-corrected chi connectivity index (χ0v) is 9.70. The monoisotopic (exact) mass is 231 g/mol. The second-order valence-corrected chi connectivity index (χ2v) is 4.18. The van der Waals surface area contributed by atoms with Gasteiger partial charge in [0, 0.05) is 0 Å². The van der Waals surface area contributed by atoms with Crippen molar-refractivity contribution in [3.8, 4) is 0 Å². The average Bonchev–Trinajstić information content (AvgIpc) is 2.64. The standard InChI is InChI=1S/C13H13NO3/c1-7-3-4-9(5-8(7)2)12-10(13(16)17)6-11(15)14-12/h3-5H,6H2,1-2H3,(H,14,15)(H,16,17). The number of carboxylic acids is 1. The van der Waals surface area contributed by atoms with E-state index in [1.807, 2.05) is 32.0 Å². The maximum atomic E-state index is 11.3. The molecule has 1 aliphatic rings. The van der Waals surface area contributed by atoms with E-state index >= 15 is 0 Å². The van der Waals surface area contributed by atoms with E-state index in [1.165, 1.54) is 0 Å². The third-order valence-corrected chi connectivity index (χ3v) is 2.96. The van der Waals surface area contributed by atoms with E-state index in [1.54, 1.807) is 0 Å². The number of benzene rings is 1. The Labute approximate surface area is 99.0 Å². The Hall–Kier alpha value is -2.10. The van der Waals surface area contributed by atoms with E-state index in [4.69, 9.17) is 5.11 Å². The van der Waals surface area contributed by atoms with E-state index < -0.39 is 5.97 Å². The molecule has 0 radical (unpaired) electrons. The Morgan fingerprint density at radius 1 is 1.29 bits per heavy atom. The normalized spacial score (nSPS) is 15.1. The average molecular weight is 231 g/mol. The topological polar surface area (TPSA) is 66.4 Å². The maximum absolute atomic E-state index is 11.3. The molecule has 1 amide bonds. The third-order valence-electron chi connectivity index (χ3n) is 2.96. The lowest BCUT2D eigenvalue weighted by Crippen LogP contribution is -2.14. The molecular weight excluding hydrogens is 218 g/mol. The first-order valence-corrected chi connectivity index (χ1v) is 5.33. The van der Waals surface area contributed by atoms with Gasteiger partial charge in [-0.1, -0.05) is 12.1 Å². The van der Waals surface area contributed by atoms with Crippen molar-refractivity contribution < 1.29 is 14.7 Å². The number of aryl methyl sites for hydroxylation is 2. The summed E-state index contributed by atoms with van der Waals surface area (Å²) in [7, 11) is 0. The first-order chi connectivity index (χ1) is 7.99. The largest absolute Gasteiger partial charge is 0.478 e. The quantitative estimate of drug-likeness (QED) is 0.812. The van der Waals surface area contributed by atoms with Crippen LogP contribution in [0.4, 0.5) is 0 Å². The predicted octanol–water partition coefficient (Wildman–Crippen LogP) is 1.62.